The summed E-state index contributed by atoms with van der Waals surface area (Å²) in [4.78, 5) is 0. The first-order valence-electron chi connectivity index (χ1n) is 6.56. The molecular weight excluding hydrogens is 259 g/mol. The minimum atomic E-state index is -0.841. The van der Waals surface area contributed by atoms with Gasteiger partial charge in [0.25, 0.3) is 0 Å². The Labute approximate surface area is 117 Å². The predicted molar refractivity (Wildman–Crippen MR) is 73.8 cm³/mol. The fourth-order valence-electron chi connectivity index (χ4n) is 2.37. The molecule has 0 radical (unpaired) electrons. The summed E-state index contributed by atoms with van der Waals surface area (Å²) in [6.45, 7) is -0.463. The highest BCUT2D eigenvalue weighted by atomic mass is 19.1. The second-order valence-corrected chi connectivity index (χ2v) is 5.05. The molecule has 0 amide bonds. The molecule has 4 nitrogen and oxygen atoms in total. The summed E-state index contributed by atoms with van der Waals surface area (Å²) < 4.78 is 15.1. The van der Waals surface area contributed by atoms with Gasteiger partial charge in [0.15, 0.2) is 0 Å². The summed E-state index contributed by atoms with van der Waals surface area (Å²) in [6, 6.07) is 7.94. The lowest BCUT2D eigenvalue weighted by Crippen LogP contribution is -2.35. The molecule has 0 aliphatic rings. The number of halogens is 1. The summed E-state index contributed by atoms with van der Waals surface area (Å²) >= 11 is 0. The van der Waals surface area contributed by atoms with Gasteiger partial charge in [-0.05, 0) is 36.6 Å². The van der Waals surface area contributed by atoms with Gasteiger partial charge < -0.3 is 10.2 Å². The second kappa shape index (κ2) is 6.15. The van der Waals surface area contributed by atoms with E-state index in [2.05, 4.69) is 5.10 Å². The zero-order valence-electron chi connectivity index (χ0n) is 11.5. The average molecular weight is 278 g/mol. The molecule has 20 heavy (non-hydrogen) atoms. The lowest BCUT2D eigenvalue weighted by molar-refractivity contribution is 0.109. The Balaban J connectivity index is 2.23. The van der Waals surface area contributed by atoms with Crippen molar-refractivity contribution in [2.24, 2.45) is 7.05 Å². The van der Waals surface area contributed by atoms with E-state index in [0.717, 1.165) is 5.69 Å². The molecule has 0 fully saturated rings. The second-order valence-electron chi connectivity index (χ2n) is 5.05. The highest BCUT2D eigenvalue weighted by Gasteiger charge is 2.31. The van der Waals surface area contributed by atoms with Crippen molar-refractivity contribution in [1.29, 1.82) is 0 Å². The van der Waals surface area contributed by atoms with Crippen LogP contribution in [0, 0.1) is 5.82 Å². The van der Waals surface area contributed by atoms with E-state index in [1.54, 1.807) is 23.0 Å². The number of aliphatic hydroxyl groups is 2. The van der Waals surface area contributed by atoms with E-state index in [-0.39, 0.29) is 19.0 Å². The molecule has 0 unspecified atom stereocenters. The highest BCUT2D eigenvalue weighted by Crippen LogP contribution is 2.29. The largest absolute Gasteiger partial charge is 0.395 e. The monoisotopic (exact) mass is 278 g/mol. The molecule has 0 saturated carbocycles. The molecule has 2 N–H and O–H groups in total. The van der Waals surface area contributed by atoms with Gasteiger partial charge in [-0.3, -0.25) is 4.68 Å². The van der Waals surface area contributed by atoms with Gasteiger partial charge in [-0.2, -0.15) is 5.10 Å². The van der Waals surface area contributed by atoms with Crippen LogP contribution < -0.4 is 0 Å². The molecule has 0 saturated heterocycles. The first kappa shape index (κ1) is 14.7. The van der Waals surface area contributed by atoms with E-state index >= 15 is 0 Å². The van der Waals surface area contributed by atoms with Crippen LogP contribution in [0.5, 0.6) is 0 Å². The van der Waals surface area contributed by atoms with Crippen molar-refractivity contribution < 1.29 is 14.6 Å². The van der Waals surface area contributed by atoms with Crippen LogP contribution in [-0.2, 0) is 18.9 Å². The minimum absolute atomic E-state index is 0.231. The SMILES string of the molecule is Cn1nccc1CCC(CO)(CO)c1cccc(F)c1. The molecule has 0 aliphatic carbocycles. The van der Waals surface area contributed by atoms with Gasteiger partial charge in [-0.15, -0.1) is 0 Å². The molecule has 5 heteroatoms. The van der Waals surface area contributed by atoms with Crippen molar-refractivity contribution in [3.63, 3.8) is 0 Å². The lowest BCUT2D eigenvalue weighted by atomic mass is 9.77. The molecule has 0 atom stereocenters. The highest BCUT2D eigenvalue weighted by molar-refractivity contribution is 5.27. The molecular formula is C15H19FN2O2. The molecule has 1 heterocycles. The molecule has 2 rings (SSSR count). The van der Waals surface area contributed by atoms with E-state index in [0.29, 0.717) is 18.4 Å². The van der Waals surface area contributed by atoms with Crippen LogP contribution in [0.25, 0.3) is 0 Å². The number of benzene rings is 1. The van der Waals surface area contributed by atoms with E-state index in [1.165, 1.54) is 12.1 Å². The van der Waals surface area contributed by atoms with Crippen molar-refractivity contribution in [2.45, 2.75) is 18.3 Å². The molecule has 1 aromatic heterocycles. The fourth-order valence-corrected chi connectivity index (χ4v) is 2.37. The minimum Gasteiger partial charge on any atom is -0.395 e. The van der Waals surface area contributed by atoms with Gasteiger partial charge in [-0.1, -0.05) is 12.1 Å². The van der Waals surface area contributed by atoms with Gasteiger partial charge in [0.05, 0.1) is 13.2 Å². The first-order valence-corrected chi connectivity index (χ1v) is 6.56. The Morgan fingerprint density at radius 2 is 2.00 bits per heavy atom. The summed E-state index contributed by atoms with van der Waals surface area (Å²) in [5.74, 6) is -0.366. The van der Waals surface area contributed by atoms with E-state index < -0.39 is 5.41 Å². The maximum absolute atomic E-state index is 13.4. The number of nitrogens with zero attached hydrogens (tertiary/aromatic N) is 2. The van der Waals surface area contributed by atoms with Gasteiger partial charge in [-0.25, -0.2) is 4.39 Å². The van der Waals surface area contributed by atoms with Gasteiger partial charge in [0.2, 0.25) is 0 Å². The quantitative estimate of drug-likeness (QED) is 0.840. The average Bonchev–Trinajstić information content (AvgIpc) is 2.86. The Kier molecular flexibility index (Phi) is 4.52. The van der Waals surface area contributed by atoms with E-state index in [4.69, 9.17) is 0 Å². The third kappa shape index (κ3) is 2.89. The molecule has 2 aromatic rings. The van der Waals surface area contributed by atoms with Crippen LogP contribution in [0.4, 0.5) is 4.39 Å². The topological polar surface area (TPSA) is 58.3 Å². The van der Waals surface area contributed by atoms with Gasteiger partial charge in [0.1, 0.15) is 5.82 Å². The van der Waals surface area contributed by atoms with Crippen LogP contribution in [0.15, 0.2) is 36.5 Å². The zero-order valence-corrected chi connectivity index (χ0v) is 11.5. The molecule has 0 spiro atoms. The number of aromatic nitrogens is 2. The standard InChI is InChI=1S/C15H19FN2O2/c1-18-14(6-8-17-18)5-7-15(10-19,11-20)12-3-2-4-13(16)9-12/h2-4,6,8-9,19-20H,5,7,10-11H2,1H3. The maximum atomic E-state index is 13.4. The van der Waals surface area contributed by atoms with Gasteiger partial charge >= 0.3 is 0 Å². The first-order chi connectivity index (χ1) is 9.61. The summed E-state index contributed by atoms with van der Waals surface area (Å²) in [7, 11) is 1.84. The Bertz CT molecular complexity index is 565. The summed E-state index contributed by atoms with van der Waals surface area (Å²) in [5, 5.41) is 23.5. The van der Waals surface area contributed by atoms with Crippen molar-refractivity contribution in [2.75, 3.05) is 13.2 Å². The summed E-state index contributed by atoms with van der Waals surface area (Å²) in [5.41, 5.74) is 0.782. The smallest absolute Gasteiger partial charge is 0.123 e. The Morgan fingerprint density at radius 1 is 1.25 bits per heavy atom. The van der Waals surface area contributed by atoms with E-state index in [1.807, 2.05) is 13.1 Å². The number of aryl methyl sites for hydroxylation is 2. The number of hydrogen-bond donors (Lipinski definition) is 2. The molecule has 0 bridgehead atoms. The van der Waals surface area contributed by atoms with Crippen LogP contribution in [0.3, 0.4) is 0 Å². The van der Waals surface area contributed by atoms with Crippen LogP contribution in [0.2, 0.25) is 0 Å². The van der Waals surface area contributed by atoms with Crippen LogP contribution in [-0.4, -0.2) is 33.2 Å². The molecule has 0 aliphatic heterocycles. The van der Waals surface area contributed by atoms with Gasteiger partial charge in [0, 0.05) is 24.4 Å². The fraction of sp³-hybridized carbons (Fsp3) is 0.400. The van der Waals surface area contributed by atoms with Crippen molar-refractivity contribution in [3.05, 3.63) is 53.6 Å². The van der Waals surface area contributed by atoms with Crippen molar-refractivity contribution >= 4 is 0 Å². The Morgan fingerprint density at radius 3 is 2.55 bits per heavy atom. The summed E-state index contributed by atoms with van der Waals surface area (Å²) in [6.07, 6.45) is 2.87. The number of hydrogen-bond acceptors (Lipinski definition) is 3. The van der Waals surface area contributed by atoms with E-state index in [9.17, 15) is 14.6 Å². The third-order valence-electron chi connectivity index (χ3n) is 3.82. The third-order valence-corrected chi connectivity index (χ3v) is 3.82. The molecule has 108 valence electrons. The zero-order chi connectivity index (χ0) is 14.6. The maximum Gasteiger partial charge on any atom is 0.123 e. The molecule has 1 aromatic carbocycles. The number of aliphatic hydroxyl groups excluding tert-OH is 2. The van der Waals surface area contributed by atoms with Crippen LogP contribution >= 0.6 is 0 Å². The van der Waals surface area contributed by atoms with Crippen molar-refractivity contribution in [1.82, 2.24) is 9.78 Å². The normalized spacial score (nSPS) is 11.8. The number of rotatable bonds is 6. The van der Waals surface area contributed by atoms with Crippen molar-refractivity contribution in [3.8, 4) is 0 Å². The Hall–Kier alpha value is -1.72. The van der Waals surface area contributed by atoms with Crippen LogP contribution in [0.1, 0.15) is 17.7 Å². The predicted octanol–water partition coefficient (Wildman–Crippen LogP) is 1.41. The lowest BCUT2D eigenvalue weighted by Gasteiger charge is -2.30.